The molecule has 2 aromatic carbocycles. The first-order valence-electron chi connectivity index (χ1n) is 7.59. The number of benzene rings is 2. The maximum atomic E-state index is 12.3. The number of ketones is 1. The van der Waals surface area contributed by atoms with E-state index in [2.05, 4.69) is 0 Å². The van der Waals surface area contributed by atoms with Gasteiger partial charge in [0.15, 0.2) is 17.3 Å². The predicted octanol–water partition coefficient (Wildman–Crippen LogP) is -2.24. The fourth-order valence-electron chi connectivity index (χ4n) is 2.37. The molecule has 0 saturated heterocycles. The van der Waals surface area contributed by atoms with Crippen molar-refractivity contribution in [2.75, 3.05) is 13.7 Å². The average molecular weight is 384 g/mol. The van der Waals surface area contributed by atoms with E-state index in [4.69, 9.17) is 9.47 Å². The molecule has 0 unspecified atom stereocenters. The second-order valence-electron chi connectivity index (χ2n) is 5.43. The van der Waals surface area contributed by atoms with E-state index < -0.39 is 29.9 Å². The molecule has 0 fully saturated rings. The molecule has 9 heteroatoms. The van der Waals surface area contributed by atoms with E-state index in [1.54, 1.807) is 12.1 Å². The zero-order chi connectivity index (χ0) is 19.3. The number of Topliss-reactive ketones (excluding diaryl/α,β-unsaturated/α-hetero) is 1. The van der Waals surface area contributed by atoms with Crippen molar-refractivity contribution in [1.29, 1.82) is 0 Å². The van der Waals surface area contributed by atoms with E-state index in [9.17, 15) is 30.0 Å². The number of hydrogen-bond acceptors (Lipinski definition) is 8. The molecule has 2 aromatic rings. The van der Waals surface area contributed by atoms with Crippen LogP contribution >= 0.6 is 0 Å². The SMILES string of the molecule is COc1ccc(CCC(=O)c2c(O)cc(OCC(=O)[O-])cc2O)cc1O.[Na+]. The minimum Gasteiger partial charge on any atom is -0.546 e. The molecule has 0 atom stereocenters. The van der Waals surface area contributed by atoms with Gasteiger partial charge in [-0.25, -0.2) is 0 Å². The van der Waals surface area contributed by atoms with Gasteiger partial charge in [0.1, 0.15) is 29.4 Å². The van der Waals surface area contributed by atoms with Crippen LogP contribution in [-0.4, -0.2) is 40.8 Å². The van der Waals surface area contributed by atoms with Gasteiger partial charge in [-0.3, -0.25) is 4.79 Å². The molecule has 3 N–H and O–H groups in total. The van der Waals surface area contributed by atoms with Crippen LogP contribution in [0.4, 0.5) is 0 Å². The van der Waals surface area contributed by atoms with Gasteiger partial charge in [0, 0.05) is 18.6 Å². The molecular formula is C18H17NaO8. The maximum absolute atomic E-state index is 12.3. The minimum atomic E-state index is -1.47. The number of carboxylic acids is 1. The third-order valence-electron chi connectivity index (χ3n) is 3.59. The number of carboxylic acid groups (broad SMARTS) is 1. The second kappa shape index (κ2) is 10.1. The predicted molar refractivity (Wildman–Crippen MR) is 87.6 cm³/mol. The van der Waals surface area contributed by atoms with Crippen LogP contribution in [0.1, 0.15) is 22.3 Å². The summed E-state index contributed by atoms with van der Waals surface area (Å²) in [4.78, 5) is 22.7. The van der Waals surface area contributed by atoms with E-state index in [1.165, 1.54) is 13.2 Å². The second-order valence-corrected chi connectivity index (χ2v) is 5.43. The van der Waals surface area contributed by atoms with Crippen LogP contribution in [0.5, 0.6) is 28.7 Å². The zero-order valence-electron chi connectivity index (χ0n) is 14.9. The van der Waals surface area contributed by atoms with Gasteiger partial charge in [0.2, 0.25) is 0 Å². The van der Waals surface area contributed by atoms with E-state index in [0.29, 0.717) is 11.3 Å². The van der Waals surface area contributed by atoms with Gasteiger partial charge in [-0.1, -0.05) is 6.07 Å². The number of aryl methyl sites for hydroxylation is 1. The Morgan fingerprint density at radius 2 is 1.67 bits per heavy atom. The molecule has 0 bridgehead atoms. The Balaban J connectivity index is 0.00000364. The van der Waals surface area contributed by atoms with Crippen molar-refractivity contribution in [2.24, 2.45) is 0 Å². The van der Waals surface area contributed by atoms with Crippen molar-refractivity contribution < 1.29 is 69.0 Å². The Hall–Kier alpha value is -2.42. The largest absolute Gasteiger partial charge is 1.00 e. The molecule has 0 spiro atoms. The van der Waals surface area contributed by atoms with Crippen molar-refractivity contribution in [3.63, 3.8) is 0 Å². The van der Waals surface area contributed by atoms with E-state index in [0.717, 1.165) is 12.1 Å². The summed E-state index contributed by atoms with van der Waals surface area (Å²) in [5.41, 5.74) is 0.382. The van der Waals surface area contributed by atoms with Gasteiger partial charge >= 0.3 is 29.6 Å². The van der Waals surface area contributed by atoms with Crippen LogP contribution in [0.2, 0.25) is 0 Å². The van der Waals surface area contributed by atoms with Crippen molar-refractivity contribution >= 4 is 11.8 Å². The summed E-state index contributed by atoms with van der Waals surface area (Å²) in [7, 11) is 1.42. The summed E-state index contributed by atoms with van der Waals surface area (Å²) in [6.07, 6.45) is 0.227. The molecule has 0 heterocycles. The molecule has 27 heavy (non-hydrogen) atoms. The summed E-state index contributed by atoms with van der Waals surface area (Å²) in [6, 6.07) is 6.78. The molecule has 0 aromatic heterocycles. The average Bonchev–Trinajstić information content (AvgIpc) is 2.57. The van der Waals surface area contributed by atoms with Gasteiger partial charge < -0.3 is 34.7 Å². The third kappa shape index (κ3) is 6.06. The first kappa shape index (κ1) is 22.6. The standard InChI is InChI=1S/C18H18O8.Na/c1-25-16-5-3-10(6-13(16)20)2-4-12(19)18-14(21)7-11(8-15(18)22)26-9-17(23)24;/h3,5-8,20-22H,2,4,9H2,1H3,(H,23,24);/q;+1/p-1. The van der Waals surface area contributed by atoms with Crippen molar-refractivity contribution in [3.05, 3.63) is 41.5 Å². The van der Waals surface area contributed by atoms with E-state index in [-0.39, 0.29) is 59.5 Å². The summed E-state index contributed by atoms with van der Waals surface area (Å²) in [5.74, 6) is -2.91. The molecule has 0 saturated carbocycles. The third-order valence-corrected chi connectivity index (χ3v) is 3.59. The number of aliphatic carboxylic acids is 1. The number of phenols is 3. The van der Waals surface area contributed by atoms with Gasteiger partial charge in [-0.05, 0) is 24.1 Å². The van der Waals surface area contributed by atoms with Crippen LogP contribution in [0, 0.1) is 0 Å². The number of ether oxygens (including phenoxy) is 2. The van der Waals surface area contributed by atoms with Gasteiger partial charge in [0.25, 0.3) is 0 Å². The molecule has 2 rings (SSSR count). The molecule has 0 aliphatic carbocycles. The quantitative estimate of drug-likeness (QED) is 0.343. The number of methoxy groups -OCH3 is 1. The van der Waals surface area contributed by atoms with Gasteiger partial charge in [-0.2, -0.15) is 0 Å². The monoisotopic (exact) mass is 384 g/mol. The van der Waals surface area contributed by atoms with E-state index in [1.807, 2.05) is 0 Å². The fourth-order valence-corrected chi connectivity index (χ4v) is 2.37. The van der Waals surface area contributed by atoms with Crippen molar-refractivity contribution in [1.82, 2.24) is 0 Å². The van der Waals surface area contributed by atoms with Crippen LogP contribution in [0.25, 0.3) is 0 Å². The van der Waals surface area contributed by atoms with Crippen molar-refractivity contribution in [3.8, 4) is 28.7 Å². The Morgan fingerprint density at radius 3 is 2.19 bits per heavy atom. The minimum absolute atomic E-state index is 0. The molecule has 0 radical (unpaired) electrons. The Morgan fingerprint density at radius 1 is 1.04 bits per heavy atom. The molecular weight excluding hydrogens is 367 g/mol. The molecule has 8 nitrogen and oxygen atoms in total. The number of carbonyl (C=O) groups excluding carboxylic acids is 2. The topological polar surface area (TPSA) is 136 Å². The number of rotatable bonds is 8. The van der Waals surface area contributed by atoms with E-state index >= 15 is 0 Å². The number of carbonyl (C=O) groups is 2. The Kier molecular flexibility index (Phi) is 8.42. The normalized spacial score (nSPS) is 9.96. The zero-order valence-corrected chi connectivity index (χ0v) is 16.9. The van der Waals surface area contributed by atoms with Crippen LogP contribution in [-0.2, 0) is 11.2 Å². The first-order chi connectivity index (χ1) is 12.3. The smallest absolute Gasteiger partial charge is 0.546 e. The van der Waals surface area contributed by atoms with Gasteiger partial charge in [0.05, 0.1) is 13.1 Å². The summed E-state index contributed by atoms with van der Waals surface area (Å²) >= 11 is 0. The Bertz CT molecular complexity index is 811. The molecule has 138 valence electrons. The molecule has 0 aliphatic heterocycles. The van der Waals surface area contributed by atoms with Crippen LogP contribution in [0.3, 0.4) is 0 Å². The Labute approximate surface area is 177 Å². The fraction of sp³-hybridized carbons (Fsp3) is 0.222. The summed E-state index contributed by atoms with van der Waals surface area (Å²) in [6.45, 7) is -0.757. The summed E-state index contributed by atoms with van der Waals surface area (Å²) in [5, 5.41) is 40.0. The van der Waals surface area contributed by atoms with Crippen molar-refractivity contribution in [2.45, 2.75) is 12.8 Å². The molecule has 0 aliphatic rings. The number of phenolic OH excluding ortho intramolecular Hbond substituents is 3. The first-order valence-corrected chi connectivity index (χ1v) is 7.59. The van der Waals surface area contributed by atoms with Crippen LogP contribution in [0.15, 0.2) is 30.3 Å². The maximum Gasteiger partial charge on any atom is 1.00 e. The molecule has 0 amide bonds. The number of aromatic hydroxyl groups is 3. The van der Waals surface area contributed by atoms with Gasteiger partial charge in [-0.15, -0.1) is 0 Å². The van der Waals surface area contributed by atoms with Crippen LogP contribution < -0.4 is 44.1 Å². The number of hydrogen-bond donors (Lipinski definition) is 3. The summed E-state index contributed by atoms with van der Waals surface area (Å²) < 4.78 is 9.73.